The van der Waals surface area contributed by atoms with Crippen LogP contribution in [0.3, 0.4) is 0 Å². The molecule has 0 saturated carbocycles. The number of nitrogens with zero attached hydrogens (tertiary/aromatic N) is 3. The van der Waals surface area contributed by atoms with Gasteiger partial charge in [0.15, 0.2) is 10.9 Å². The normalized spacial score (nSPS) is 11.1. The van der Waals surface area contributed by atoms with Crippen LogP contribution in [0.15, 0.2) is 65.8 Å². The number of anilines is 1. The monoisotopic (exact) mass is 469 g/mol. The first-order chi connectivity index (χ1) is 15.5. The number of carbonyl (C=O) groups is 1. The molecule has 1 amide bonds. The van der Waals surface area contributed by atoms with Crippen LogP contribution in [-0.4, -0.2) is 21.6 Å². The summed E-state index contributed by atoms with van der Waals surface area (Å²) in [5.41, 5.74) is 2.17. The molecule has 0 aliphatic heterocycles. The van der Waals surface area contributed by atoms with Crippen molar-refractivity contribution in [3.05, 3.63) is 83.7 Å². The van der Waals surface area contributed by atoms with Crippen molar-refractivity contribution in [1.82, 2.24) is 9.97 Å². The standard InChI is InChI=1S/C24H21F2N3OS2/c1-16-4-6-19(7-5-16)31-12-2-3-22(30)29(15-17-8-10-27-11-9-17)24-28-23-20(26)13-18(25)14-21(23)32-24/h4-11,13-14H,2-3,12,15H2,1H3. The van der Waals surface area contributed by atoms with Crippen molar-refractivity contribution in [3.8, 4) is 0 Å². The number of halogens is 2. The van der Waals surface area contributed by atoms with Gasteiger partial charge in [-0.15, -0.1) is 11.8 Å². The Morgan fingerprint density at radius 1 is 1.09 bits per heavy atom. The molecule has 0 N–H and O–H groups in total. The third-order valence-electron chi connectivity index (χ3n) is 4.85. The van der Waals surface area contributed by atoms with Crippen LogP contribution in [0.2, 0.25) is 0 Å². The van der Waals surface area contributed by atoms with Gasteiger partial charge in [0.25, 0.3) is 0 Å². The highest BCUT2D eigenvalue weighted by molar-refractivity contribution is 7.99. The number of amides is 1. The summed E-state index contributed by atoms with van der Waals surface area (Å²) in [5.74, 6) is -0.692. The SMILES string of the molecule is Cc1ccc(SCCCC(=O)N(Cc2ccncc2)c2nc3c(F)cc(F)cc3s2)cc1. The molecule has 0 unspecified atom stereocenters. The van der Waals surface area contributed by atoms with E-state index in [0.717, 1.165) is 28.7 Å². The molecule has 0 spiro atoms. The van der Waals surface area contributed by atoms with Crippen LogP contribution in [0.4, 0.5) is 13.9 Å². The molecule has 0 aliphatic carbocycles. The van der Waals surface area contributed by atoms with Gasteiger partial charge in [0, 0.05) is 29.8 Å². The van der Waals surface area contributed by atoms with E-state index in [1.807, 2.05) is 19.1 Å². The summed E-state index contributed by atoms with van der Waals surface area (Å²) in [7, 11) is 0. The summed E-state index contributed by atoms with van der Waals surface area (Å²) in [6, 6.07) is 14.0. The number of hydrogen-bond donors (Lipinski definition) is 0. The third kappa shape index (κ3) is 5.49. The van der Waals surface area contributed by atoms with Gasteiger partial charge < -0.3 is 0 Å². The van der Waals surface area contributed by atoms with Crippen molar-refractivity contribution in [2.45, 2.75) is 31.2 Å². The average Bonchev–Trinajstić information content (AvgIpc) is 3.21. The van der Waals surface area contributed by atoms with Crippen molar-refractivity contribution in [2.24, 2.45) is 0 Å². The molecule has 2 aromatic carbocycles. The minimum absolute atomic E-state index is 0.0776. The first-order valence-corrected chi connectivity index (χ1v) is 11.9. The van der Waals surface area contributed by atoms with Crippen molar-refractivity contribution >= 4 is 44.4 Å². The van der Waals surface area contributed by atoms with Gasteiger partial charge in [-0.2, -0.15) is 0 Å². The largest absolute Gasteiger partial charge is 0.284 e. The Balaban J connectivity index is 1.49. The first kappa shape index (κ1) is 22.4. The number of hydrogen-bond acceptors (Lipinski definition) is 5. The number of aromatic nitrogens is 2. The summed E-state index contributed by atoms with van der Waals surface area (Å²) in [6.07, 6.45) is 4.34. The zero-order valence-corrected chi connectivity index (χ0v) is 19.1. The number of carbonyl (C=O) groups excluding carboxylic acids is 1. The lowest BCUT2D eigenvalue weighted by Gasteiger charge is -2.20. The van der Waals surface area contributed by atoms with E-state index in [9.17, 15) is 13.6 Å². The number of thioether (sulfide) groups is 1. The zero-order chi connectivity index (χ0) is 22.5. The van der Waals surface area contributed by atoms with E-state index in [0.29, 0.717) is 22.7 Å². The molecule has 0 aliphatic rings. The highest BCUT2D eigenvalue weighted by Crippen LogP contribution is 2.32. The Labute approximate surface area is 193 Å². The van der Waals surface area contributed by atoms with Crippen LogP contribution in [0.5, 0.6) is 0 Å². The Morgan fingerprint density at radius 2 is 1.84 bits per heavy atom. The topological polar surface area (TPSA) is 46.1 Å². The predicted octanol–water partition coefficient (Wildman–Crippen LogP) is 6.38. The minimum atomic E-state index is -0.728. The molecule has 0 fully saturated rings. The van der Waals surface area contributed by atoms with Crippen molar-refractivity contribution in [3.63, 3.8) is 0 Å². The summed E-state index contributed by atoms with van der Waals surface area (Å²) in [4.78, 5) is 24.2. The molecule has 164 valence electrons. The number of aryl methyl sites for hydroxylation is 1. The average molecular weight is 470 g/mol. The van der Waals surface area contributed by atoms with Crippen LogP contribution in [0.25, 0.3) is 10.2 Å². The second-order valence-corrected chi connectivity index (χ2v) is 9.51. The smallest absolute Gasteiger partial charge is 0.229 e. The molecular weight excluding hydrogens is 448 g/mol. The molecule has 0 saturated heterocycles. The molecule has 0 radical (unpaired) electrons. The van der Waals surface area contributed by atoms with E-state index in [1.165, 1.54) is 16.5 Å². The molecule has 2 heterocycles. The van der Waals surface area contributed by atoms with Crippen molar-refractivity contribution in [1.29, 1.82) is 0 Å². The molecular formula is C24H21F2N3OS2. The quantitative estimate of drug-likeness (QED) is 0.222. The number of rotatable bonds is 8. The lowest BCUT2D eigenvalue weighted by atomic mass is 10.2. The van der Waals surface area contributed by atoms with Crippen LogP contribution in [-0.2, 0) is 11.3 Å². The summed E-state index contributed by atoms with van der Waals surface area (Å²) >= 11 is 2.82. The summed E-state index contributed by atoms with van der Waals surface area (Å²) in [5, 5.41) is 0.359. The van der Waals surface area contributed by atoms with Gasteiger partial charge in [0.05, 0.1) is 11.2 Å². The van der Waals surface area contributed by atoms with Gasteiger partial charge >= 0.3 is 0 Å². The minimum Gasteiger partial charge on any atom is -0.284 e. The summed E-state index contributed by atoms with van der Waals surface area (Å²) < 4.78 is 28.2. The van der Waals surface area contributed by atoms with Gasteiger partial charge in [0.2, 0.25) is 5.91 Å². The Morgan fingerprint density at radius 3 is 2.59 bits per heavy atom. The van der Waals surface area contributed by atoms with Crippen molar-refractivity contribution < 1.29 is 13.6 Å². The molecule has 2 aromatic heterocycles. The Hall–Kier alpha value is -2.84. The van der Waals surface area contributed by atoms with Crippen LogP contribution in [0.1, 0.15) is 24.0 Å². The number of pyridine rings is 1. The van der Waals surface area contributed by atoms with E-state index < -0.39 is 11.6 Å². The van der Waals surface area contributed by atoms with Gasteiger partial charge in [-0.25, -0.2) is 13.8 Å². The highest BCUT2D eigenvalue weighted by Gasteiger charge is 2.21. The molecule has 4 rings (SSSR count). The molecule has 0 bridgehead atoms. The fourth-order valence-electron chi connectivity index (χ4n) is 3.18. The number of fused-ring (bicyclic) bond motifs is 1. The molecule has 4 nitrogen and oxygen atoms in total. The molecule has 4 aromatic rings. The number of benzene rings is 2. The third-order valence-corrected chi connectivity index (χ3v) is 6.97. The maximum Gasteiger partial charge on any atom is 0.229 e. The first-order valence-electron chi connectivity index (χ1n) is 10.1. The second-order valence-electron chi connectivity index (χ2n) is 7.33. The fourth-order valence-corrected chi connectivity index (χ4v) is 5.05. The van der Waals surface area contributed by atoms with Crippen LogP contribution >= 0.6 is 23.1 Å². The number of thiazole rings is 1. The van der Waals surface area contributed by atoms with E-state index >= 15 is 0 Å². The fraction of sp³-hybridized carbons (Fsp3) is 0.208. The van der Waals surface area contributed by atoms with E-state index in [1.54, 1.807) is 29.1 Å². The maximum atomic E-state index is 14.2. The van der Waals surface area contributed by atoms with E-state index in [-0.39, 0.29) is 18.0 Å². The van der Waals surface area contributed by atoms with Gasteiger partial charge in [-0.3, -0.25) is 14.7 Å². The predicted molar refractivity (Wildman–Crippen MR) is 126 cm³/mol. The van der Waals surface area contributed by atoms with Gasteiger partial charge in [-0.1, -0.05) is 29.0 Å². The van der Waals surface area contributed by atoms with E-state index in [4.69, 9.17) is 0 Å². The lowest BCUT2D eigenvalue weighted by Crippen LogP contribution is -2.30. The Kier molecular flexibility index (Phi) is 7.12. The Bertz CT molecular complexity index is 1210. The molecule has 8 heteroatoms. The molecule has 0 atom stereocenters. The summed E-state index contributed by atoms with van der Waals surface area (Å²) in [6.45, 7) is 2.34. The molecule has 32 heavy (non-hydrogen) atoms. The van der Waals surface area contributed by atoms with Crippen LogP contribution in [0, 0.1) is 18.6 Å². The lowest BCUT2D eigenvalue weighted by molar-refractivity contribution is -0.118. The van der Waals surface area contributed by atoms with Crippen LogP contribution < -0.4 is 4.90 Å². The van der Waals surface area contributed by atoms with Crippen molar-refractivity contribution in [2.75, 3.05) is 10.7 Å². The van der Waals surface area contributed by atoms with Gasteiger partial charge in [0.1, 0.15) is 11.3 Å². The highest BCUT2D eigenvalue weighted by atomic mass is 32.2. The van der Waals surface area contributed by atoms with E-state index in [2.05, 4.69) is 34.2 Å². The maximum absolute atomic E-state index is 14.2. The second kappa shape index (κ2) is 10.2. The zero-order valence-electron chi connectivity index (χ0n) is 17.4. The van der Waals surface area contributed by atoms with Gasteiger partial charge in [-0.05, 0) is 55.0 Å².